The summed E-state index contributed by atoms with van der Waals surface area (Å²) in [5.74, 6) is -0.504. The number of carbonyl (C=O) groups is 1. The maximum atomic E-state index is 13.7. The number of hydrogen-bond acceptors (Lipinski definition) is 11. The Morgan fingerprint density at radius 1 is 1.32 bits per heavy atom. The van der Waals surface area contributed by atoms with Crippen LogP contribution in [0.5, 0.6) is 5.75 Å². The van der Waals surface area contributed by atoms with Crippen LogP contribution in [0.3, 0.4) is 0 Å². The largest absolute Gasteiger partial charge is 0.464 e. The number of ether oxygens (including phenoxy) is 2. The van der Waals surface area contributed by atoms with Crippen molar-refractivity contribution in [2.45, 2.75) is 64.7 Å². The lowest BCUT2D eigenvalue weighted by Gasteiger charge is -2.27. The monoisotopic (exact) mass is 554 g/mol. The number of aliphatic hydroxyl groups excluding tert-OH is 1. The molecule has 0 spiro atoms. The van der Waals surface area contributed by atoms with E-state index in [0.717, 1.165) is 4.57 Å². The van der Waals surface area contributed by atoms with E-state index in [0.29, 0.717) is 0 Å². The average Bonchev–Trinajstić information content (AvgIpc) is 3.04. The number of nitrogens with zero attached hydrogens (tertiary/aromatic N) is 2. The van der Waals surface area contributed by atoms with Gasteiger partial charge in [0.25, 0.3) is 0 Å². The van der Waals surface area contributed by atoms with Crippen LogP contribution in [-0.4, -0.2) is 62.8 Å². The van der Waals surface area contributed by atoms with E-state index in [1.165, 1.54) is 26.1 Å². The summed E-state index contributed by atoms with van der Waals surface area (Å²) < 4.78 is 36.9. The minimum absolute atomic E-state index is 0.0236. The highest BCUT2D eigenvalue weighted by Crippen LogP contribution is 2.46. The number of nitrogen functional groups attached to an aromatic ring is 1. The summed E-state index contributed by atoms with van der Waals surface area (Å²) in [6, 6.07) is 8.39. The Morgan fingerprint density at radius 2 is 1.97 bits per heavy atom. The van der Waals surface area contributed by atoms with Gasteiger partial charge in [-0.15, -0.1) is 0 Å². The second kappa shape index (κ2) is 11.5. The zero-order chi connectivity index (χ0) is 28.3. The summed E-state index contributed by atoms with van der Waals surface area (Å²) >= 11 is 0. The van der Waals surface area contributed by atoms with Crippen molar-refractivity contribution < 1.29 is 38.1 Å². The van der Waals surface area contributed by atoms with Crippen LogP contribution in [0, 0.1) is 5.41 Å². The van der Waals surface area contributed by atoms with Gasteiger partial charge < -0.3 is 29.9 Å². The lowest BCUT2D eigenvalue weighted by atomic mass is 9.96. The van der Waals surface area contributed by atoms with Crippen molar-refractivity contribution in [3.8, 4) is 5.75 Å². The molecule has 1 saturated heterocycles. The van der Waals surface area contributed by atoms with Crippen molar-refractivity contribution in [2.24, 2.45) is 5.41 Å². The molecule has 14 heteroatoms. The van der Waals surface area contributed by atoms with Gasteiger partial charge in [-0.3, -0.25) is 13.9 Å². The normalized spacial score (nSPS) is 25.9. The van der Waals surface area contributed by atoms with E-state index in [2.05, 4.69) is 10.1 Å². The number of benzene rings is 1. The van der Waals surface area contributed by atoms with Crippen LogP contribution in [-0.2, 0) is 23.4 Å². The second-order valence-corrected chi connectivity index (χ2v) is 12.2. The lowest BCUT2D eigenvalue weighted by molar-refractivity contribution is -0.148. The van der Waals surface area contributed by atoms with Crippen molar-refractivity contribution in [1.82, 2.24) is 14.6 Å². The molecule has 5 N–H and O–H groups in total. The van der Waals surface area contributed by atoms with Gasteiger partial charge in [0.15, 0.2) is 6.23 Å². The average molecular weight is 555 g/mol. The number of nitrogens with two attached hydrogens (primary N) is 1. The standard InChI is InChI=1S/C24H35N4O9P/c1-15(20(30)34-14-23(2,3)4)27-38(33,37-16-9-7-6-8-10-16)35-13-17-19(29)24(5,32)21(36-17)28-12-11-18(25)26-22(28)31/h6-12,15,17,19,21,29,32H,13-14H2,1-5H3,(H,27,33)(H2,25,26,31)/t15-,17+,19+,21+,24+,38?/m0/s1. The van der Waals surface area contributed by atoms with Crippen LogP contribution in [0.25, 0.3) is 0 Å². The number of para-hydroxylation sites is 1. The molecule has 6 atom stereocenters. The summed E-state index contributed by atoms with van der Waals surface area (Å²) in [7, 11) is -4.27. The minimum atomic E-state index is -4.27. The quantitative estimate of drug-likeness (QED) is 0.246. The number of hydrogen-bond donors (Lipinski definition) is 4. The molecule has 0 amide bonds. The molecule has 2 heterocycles. The van der Waals surface area contributed by atoms with Crippen LogP contribution in [0.15, 0.2) is 47.4 Å². The maximum Gasteiger partial charge on any atom is 0.459 e. The molecule has 1 aromatic heterocycles. The van der Waals surface area contributed by atoms with Crippen molar-refractivity contribution in [1.29, 1.82) is 0 Å². The Bertz CT molecular complexity index is 1220. The first-order valence-corrected chi connectivity index (χ1v) is 13.5. The summed E-state index contributed by atoms with van der Waals surface area (Å²) in [6.07, 6.45) is -2.87. The molecular weight excluding hydrogens is 519 g/mol. The molecule has 1 fully saturated rings. The number of nitrogens with one attached hydrogen (secondary N) is 1. The molecule has 0 aliphatic carbocycles. The summed E-state index contributed by atoms with van der Waals surface area (Å²) in [5, 5.41) is 24.2. The SMILES string of the molecule is C[C@H](NP(=O)(OC[C@H]1O[C@@H](n2ccc(N)nc2=O)[C@](C)(O)[C@@H]1O)Oc1ccccc1)C(=O)OCC(C)(C)C. The third-order valence-corrected chi connectivity index (χ3v) is 7.23. The number of carbonyl (C=O) groups excluding carboxylic acids is 1. The third kappa shape index (κ3) is 7.40. The third-order valence-electron chi connectivity index (χ3n) is 5.59. The van der Waals surface area contributed by atoms with E-state index in [9.17, 15) is 24.4 Å². The molecule has 0 bridgehead atoms. The van der Waals surface area contributed by atoms with Crippen molar-refractivity contribution in [3.63, 3.8) is 0 Å². The van der Waals surface area contributed by atoms with E-state index >= 15 is 0 Å². The predicted molar refractivity (Wildman–Crippen MR) is 137 cm³/mol. The van der Waals surface area contributed by atoms with Gasteiger partial charge in [-0.1, -0.05) is 39.0 Å². The summed E-state index contributed by atoms with van der Waals surface area (Å²) in [5.41, 5.74) is 2.50. The number of aliphatic hydroxyl groups is 2. The molecule has 210 valence electrons. The highest BCUT2D eigenvalue weighted by atomic mass is 31.2. The molecule has 0 saturated carbocycles. The van der Waals surface area contributed by atoms with Crippen LogP contribution >= 0.6 is 7.75 Å². The van der Waals surface area contributed by atoms with Crippen LogP contribution in [0.1, 0.15) is 40.8 Å². The summed E-state index contributed by atoms with van der Waals surface area (Å²) in [4.78, 5) is 28.4. The number of aromatic nitrogens is 2. The molecule has 1 aliphatic rings. The zero-order valence-corrected chi connectivity index (χ0v) is 22.8. The number of rotatable bonds is 10. The number of esters is 1. The molecule has 1 aromatic carbocycles. The fourth-order valence-electron chi connectivity index (χ4n) is 3.57. The number of anilines is 1. The van der Waals surface area contributed by atoms with Gasteiger partial charge >= 0.3 is 19.4 Å². The molecule has 0 radical (unpaired) electrons. The first kappa shape index (κ1) is 29.8. The maximum absolute atomic E-state index is 13.7. The van der Waals surface area contributed by atoms with Gasteiger partial charge in [0.2, 0.25) is 0 Å². The van der Waals surface area contributed by atoms with Crippen molar-refractivity contribution >= 4 is 19.5 Å². The Morgan fingerprint density at radius 3 is 2.58 bits per heavy atom. The fraction of sp³-hybridized carbons (Fsp3) is 0.542. The van der Waals surface area contributed by atoms with Gasteiger partial charge in [-0.25, -0.2) is 9.36 Å². The van der Waals surface area contributed by atoms with Gasteiger partial charge in [0.1, 0.15) is 35.4 Å². The topological polar surface area (TPSA) is 184 Å². The molecule has 2 aromatic rings. The Kier molecular flexibility index (Phi) is 9.02. The first-order chi connectivity index (χ1) is 17.6. The van der Waals surface area contributed by atoms with E-state index in [1.807, 2.05) is 20.8 Å². The van der Waals surface area contributed by atoms with E-state index in [-0.39, 0.29) is 23.6 Å². The molecule has 1 unspecified atom stereocenters. The Labute approximate surface area is 220 Å². The van der Waals surface area contributed by atoms with E-state index in [4.69, 9.17) is 24.3 Å². The second-order valence-electron chi connectivity index (χ2n) is 10.5. The fourth-order valence-corrected chi connectivity index (χ4v) is 5.07. The highest BCUT2D eigenvalue weighted by molar-refractivity contribution is 7.52. The molecule has 13 nitrogen and oxygen atoms in total. The zero-order valence-electron chi connectivity index (χ0n) is 21.9. The van der Waals surface area contributed by atoms with Crippen molar-refractivity contribution in [2.75, 3.05) is 18.9 Å². The van der Waals surface area contributed by atoms with Crippen LogP contribution in [0.2, 0.25) is 0 Å². The van der Waals surface area contributed by atoms with Gasteiger partial charge in [-0.05, 0) is 37.5 Å². The Hall–Kier alpha value is -2.80. The van der Waals surface area contributed by atoms with Gasteiger partial charge in [0, 0.05) is 6.20 Å². The summed E-state index contributed by atoms with van der Waals surface area (Å²) in [6.45, 7) is 8.01. The molecular formula is C24H35N4O9P. The minimum Gasteiger partial charge on any atom is -0.464 e. The predicted octanol–water partition coefficient (Wildman–Crippen LogP) is 1.61. The van der Waals surface area contributed by atoms with Gasteiger partial charge in [-0.2, -0.15) is 10.1 Å². The molecule has 38 heavy (non-hydrogen) atoms. The smallest absolute Gasteiger partial charge is 0.459 e. The van der Waals surface area contributed by atoms with Crippen LogP contribution < -0.4 is 21.0 Å². The van der Waals surface area contributed by atoms with Crippen molar-refractivity contribution in [3.05, 3.63) is 53.1 Å². The lowest BCUT2D eigenvalue weighted by Crippen LogP contribution is -2.46. The Balaban J connectivity index is 1.77. The van der Waals surface area contributed by atoms with E-state index < -0.39 is 56.1 Å². The van der Waals surface area contributed by atoms with Gasteiger partial charge in [0.05, 0.1) is 13.2 Å². The highest BCUT2D eigenvalue weighted by Gasteiger charge is 2.54. The van der Waals surface area contributed by atoms with Crippen LogP contribution in [0.4, 0.5) is 5.82 Å². The van der Waals surface area contributed by atoms with E-state index in [1.54, 1.807) is 30.3 Å². The first-order valence-electron chi connectivity index (χ1n) is 12.0. The molecule has 1 aliphatic heterocycles. The molecule has 3 rings (SSSR count).